The third-order valence-electron chi connectivity index (χ3n) is 6.51. The summed E-state index contributed by atoms with van der Waals surface area (Å²) in [6.07, 6.45) is -0.373. The molecule has 1 aliphatic carbocycles. The maximum absolute atomic E-state index is 14.8. The number of alkyl halides is 3. The fourth-order valence-corrected chi connectivity index (χ4v) is 4.27. The number of amides is 4. The van der Waals surface area contributed by atoms with Gasteiger partial charge in [0.25, 0.3) is 0 Å². The summed E-state index contributed by atoms with van der Waals surface area (Å²) in [7, 11) is 0. The minimum absolute atomic E-state index is 0.00252. The number of nitrogens with zero attached hydrogens (tertiary/aromatic N) is 1. The zero-order chi connectivity index (χ0) is 29.9. The summed E-state index contributed by atoms with van der Waals surface area (Å²) in [6, 6.07) is 7.69. The molecule has 220 valence electrons. The van der Waals surface area contributed by atoms with Crippen molar-refractivity contribution in [3.05, 3.63) is 66.1 Å². The molecule has 0 radical (unpaired) electrons. The minimum Gasteiger partial charge on any atom is -0.454 e. The van der Waals surface area contributed by atoms with Crippen LogP contribution in [0.15, 0.2) is 54.7 Å². The van der Waals surface area contributed by atoms with Gasteiger partial charge in [0.2, 0.25) is 11.8 Å². The van der Waals surface area contributed by atoms with E-state index in [1.54, 1.807) is 0 Å². The van der Waals surface area contributed by atoms with Crippen molar-refractivity contribution in [3.63, 3.8) is 0 Å². The van der Waals surface area contributed by atoms with Gasteiger partial charge in [0.1, 0.15) is 11.6 Å². The predicted molar refractivity (Wildman–Crippen MR) is 146 cm³/mol. The van der Waals surface area contributed by atoms with E-state index in [0.717, 1.165) is 37.5 Å². The van der Waals surface area contributed by atoms with Gasteiger partial charge in [-0.1, -0.05) is 0 Å². The van der Waals surface area contributed by atoms with E-state index in [0.29, 0.717) is 13.0 Å². The van der Waals surface area contributed by atoms with Crippen molar-refractivity contribution in [3.8, 4) is 11.5 Å². The van der Waals surface area contributed by atoms with E-state index in [-0.39, 0.29) is 46.2 Å². The van der Waals surface area contributed by atoms with Crippen LogP contribution in [0.3, 0.4) is 0 Å². The molecule has 1 saturated carbocycles. The number of carbonyl (C=O) groups excluding carboxylic acids is 3. The summed E-state index contributed by atoms with van der Waals surface area (Å²) in [5.41, 5.74) is -1.45. The van der Waals surface area contributed by atoms with Crippen LogP contribution in [0.1, 0.15) is 31.2 Å². The lowest BCUT2D eigenvalue weighted by atomic mass is 10.1. The number of rotatable bonds is 8. The first-order valence-corrected chi connectivity index (χ1v) is 13.1. The van der Waals surface area contributed by atoms with E-state index in [1.165, 1.54) is 36.5 Å². The highest BCUT2D eigenvalue weighted by atomic mass is 19.4. The number of halogens is 4. The topological polar surface area (TPSA) is 133 Å². The second-order valence-corrected chi connectivity index (χ2v) is 9.90. The van der Waals surface area contributed by atoms with Gasteiger partial charge in [-0.2, -0.15) is 13.2 Å². The summed E-state index contributed by atoms with van der Waals surface area (Å²) < 4.78 is 60.8. The third-order valence-corrected chi connectivity index (χ3v) is 6.51. The minimum atomic E-state index is -4.74. The monoisotopic (exact) mass is 586 g/mol. The van der Waals surface area contributed by atoms with Crippen LogP contribution < -0.4 is 31.3 Å². The average molecular weight is 587 g/mol. The quantitative estimate of drug-likeness (QED) is 0.215. The Morgan fingerprint density at radius 2 is 1.60 bits per heavy atom. The average Bonchev–Trinajstić information content (AvgIpc) is 3.63. The maximum Gasteiger partial charge on any atom is 0.416 e. The molecule has 2 fully saturated rings. The van der Waals surface area contributed by atoms with Gasteiger partial charge in [-0.25, -0.2) is 14.2 Å². The Hall–Kier alpha value is -4.72. The Morgan fingerprint density at radius 1 is 0.857 bits per heavy atom. The van der Waals surface area contributed by atoms with E-state index in [2.05, 4.69) is 31.6 Å². The number of benzene rings is 2. The number of hydrogen-bond acceptors (Lipinski definition) is 6. The van der Waals surface area contributed by atoms with Crippen LogP contribution in [0.5, 0.6) is 11.5 Å². The van der Waals surface area contributed by atoms with Gasteiger partial charge < -0.3 is 31.3 Å². The first-order valence-electron chi connectivity index (χ1n) is 13.1. The molecule has 2 aliphatic rings. The molecule has 2 heterocycles. The van der Waals surface area contributed by atoms with E-state index in [9.17, 15) is 31.9 Å². The Bertz CT molecular complexity index is 1510. The molecule has 2 aromatic carbocycles. The van der Waals surface area contributed by atoms with Crippen LogP contribution in [-0.2, 0) is 15.8 Å². The molecule has 5 N–H and O–H groups in total. The lowest BCUT2D eigenvalue weighted by Gasteiger charge is -2.16. The van der Waals surface area contributed by atoms with Gasteiger partial charge in [-0.3, -0.25) is 9.59 Å². The maximum atomic E-state index is 14.8. The molecule has 1 atom stereocenters. The molecule has 1 aliphatic heterocycles. The summed E-state index contributed by atoms with van der Waals surface area (Å²) in [5.74, 6) is -1.20. The zero-order valence-electron chi connectivity index (χ0n) is 22.0. The molecule has 4 amide bonds. The molecular weight excluding hydrogens is 560 g/mol. The van der Waals surface area contributed by atoms with Crippen LogP contribution in [0.4, 0.5) is 45.2 Å². The van der Waals surface area contributed by atoms with Gasteiger partial charge in [0.05, 0.1) is 11.6 Å². The number of anilines is 4. The number of ether oxygens (including phenoxy) is 1. The predicted octanol–water partition coefficient (Wildman–Crippen LogP) is 5.71. The van der Waals surface area contributed by atoms with Gasteiger partial charge in [0.15, 0.2) is 11.6 Å². The molecule has 1 aromatic heterocycles. The lowest BCUT2D eigenvalue weighted by molar-refractivity contribution is -0.137. The summed E-state index contributed by atoms with van der Waals surface area (Å²) in [4.78, 5) is 40.9. The van der Waals surface area contributed by atoms with Crippen molar-refractivity contribution < 1.29 is 36.7 Å². The molecule has 3 aromatic rings. The number of pyridine rings is 1. The largest absolute Gasteiger partial charge is 0.454 e. The van der Waals surface area contributed by atoms with Crippen LogP contribution >= 0.6 is 0 Å². The van der Waals surface area contributed by atoms with Gasteiger partial charge in [0, 0.05) is 41.3 Å². The zero-order valence-corrected chi connectivity index (χ0v) is 22.0. The van der Waals surface area contributed by atoms with E-state index >= 15 is 0 Å². The van der Waals surface area contributed by atoms with E-state index in [4.69, 9.17) is 4.74 Å². The van der Waals surface area contributed by atoms with E-state index < -0.39 is 35.5 Å². The Kier molecular flexibility index (Phi) is 8.24. The molecule has 1 saturated heterocycles. The summed E-state index contributed by atoms with van der Waals surface area (Å²) in [6.45, 7) is 0.631. The van der Waals surface area contributed by atoms with Gasteiger partial charge >= 0.3 is 12.2 Å². The molecule has 0 bridgehead atoms. The highest BCUT2D eigenvalue weighted by molar-refractivity contribution is 6.01. The van der Waals surface area contributed by atoms with Crippen LogP contribution in [0, 0.1) is 11.7 Å². The molecule has 0 unspecified atom stereocenters. The van der Waals surface area contributed by atoms with Crippen LogP contribution in [0.25, 0.3) is 0 Å². The summed E-state index contributed by atoms with van der Waals surface area (Å²) >= 11 is 0. The first kappa shape index (κ1) is 28.8. The highest BCUT2D eigenvalue weighted by Crippen LogP contribution is 2.34. The van der Waals surface area contributed by atoms with Crippen molar-refractivity contribution >= 4 is 40.7 Å². The van der Waals surface area contributed by atoms with Gasteiger partial charge in [-0.15, -0.1) is 0 Å². The Morgan fingerprint density at radius 3 is 2.26 bits per heavy atom. The molecule has 10 nitrogen and oxygen atoms in total. The number of urea groups is 1. The molecule has 14 heteroatoms. The van der Waals surface area contributed by atoms with Crippen molar-refractivity contribution in [2.75, 3.05) is 27.8 Å². The Labute approximate surface area is 237 Å². The van der Waals surface area contributed by atoms with Crippen LogP contribution in [-0.4, -0.2) is 35.4 Å². The Balaban J connectivity index is 1.23. The molecular formula is C28H26F4N6O4. The number of nitrogens with one attached hydrogen (secondary N) is 5. The molecule has 42 heavy (non-hydrogen) atoms. The van der Waals surface area contributed by atoms with E-state index in [1.807, 2.05) is 0 Å². The normalized spacial score (nSPS) is 16.4. The standard InChI is InChI=1S/C28H26F4N6O4/c29-21-13-17(5-6-23(21)42-20-7-9-34-24(14-20)38-25(39)15-3-4-15)36-27(41)37-19-11-16(28(30,31)32)10-18(12-19)35-26(40)22-2-1-8-33-22/h5-7,9-15,22,33H,1-4,8H2,(H,35,40)(H,34,38,39)(H2,36,37,41)/t22-/m0/s1. The summed E-state index contributed by atoms with van der Waals surface area (Å²) in [5, 5.41) is 12.7. The van der Waals surface area contributed by atoms with Gasteiger partial charge in [-0.05, 0) is 68.6 Å². The van der Waals surface area contributed by atoms with Crippen LogP contribution in [0.2, 0.25) is 0 Å². The fraction of sp³-hybridized carbons (Fsp3) is 0.286. The second-order valence-electron chi connectivity index (χ2n) is 9.90. The first-order chi connectivity index (χ1) is 20.0. The second kappa shape index (κ2) is 12.0. The van der Waals surface area contributed by atoms with Crippen molar-refractivity contribution in [2.24, 2.45) is 5.92 Å². The number of aromatic nitrogens is 1. The third kappa shape index (κ3) is 7.51. The van der Waals surface area contributed by atoms with Crippen molar-refractivity contribution in [1.82, 2.24) is 10.3 Å². The molecule has 0 spiro atoms. The smallest absolute Gasteiger partial charge is 0.416 e. The SMILES string of the molecule is O=C(Nc1cc(NC(=O)[C@@H]2CCCN2)cc(C(F)(F)F)c1)Nc1ccc(Oc2ccnc(NC(=O)C3CC3)c2)c(F)c1. The fourth-order valence-electron chi connectivity index (χ4n) is 4.27. The number of hydrogen-bond donors (Lipinski definition) is 5. The van der Waals surface area contributed by atoms with Crippen molar-refractivity contribution in [1.29, 1.82) is 0 Å². The highest BCUT2D eigenvalue weighted by Gasteiger charge is 2.32. The number of carbonyl (C=O) groups is 3. The van der Waals surface area contributed by atoms with Crippen molar-refractivity contribution in [2.45, 2.75) is 37.9 Å². The molecule has 5 rings (SSSR count). The lowest BCUT2D eigenvalue weighted by Crippen LogP contribution is -2.35.